The fourth-order valence-corrected chi connectivity index (χ4v) is 10.3. The third-order valence-corrected chi connectivity index (χ3v) is 13.8. The van der Waals surface area contributed by atoms with Gasteiger partial charge in [0.25, 0.3) is 0 Å². The molecule has 14 nitrogen and oxygen atoms in total. The molecule has 5 amide bonds. The Labute approximate surface area is 347 Å². The molecule has 58 heavy (non-hydrogen) atoms. The van der Waals surface area contributed by atoms with E-state index < -0.39 is 48.3 Å². The molecule has 3 fully saturated rings. The van der Waals surface area contributed by atoms with E-state index in [0.717, 1.165) is 29.8 Å². The molecular formula is C43H64N6O8S. The summed E-state index contributed by atoms with van der Waals surface area (Å²) in [5.41, 5.74) is 1.08. The first kappa shape index (κ1) is 45.0. The molecule has 3 heterocycles. The molecule has 1 saturated carbocycles. The van der Waals surface area contributed by atoms with E-state index in [9.17, 15) is 29.1 Å². The molecule has 2 unspecified atom stereocenters. The maximum atomic E-state index is 14.4. The monoisotopic (exact) mass is 824 g/mol. The Bertz CT molecular complexity index is 1700. The van der Waals surface area contributed by atoms with Gasteiger partial charge in [0.15, 0.2) is 0 Å². The number of hydrogen-bond acceptors (Lipinski definition) is 9. The number of amides is 5. The SMILES string of the molecule is CC[C@H](C)[C@@H]([C@@H](CC(=O)N1CCCC1[C@H](OC)[C@@H](C)C(=O)N[C@@H](Cc1ccccc1)c1nccs1)OC)N(C)C(=O)C(NC(=O)[C@@H]1[C@H]2CC[C@H](C2)N1C(=O)O)C(C)C. The largest absolute Gasteiger partial charge is 0.465 e. The Hall–Kier alpha value is -4.08. The minimum absolute atomic E-state index is 0.00272. The molecule has 0 spiro atoms. The number of hydrogen-bond donors (Lipinski definition) is 3. The van der Waals surface area contributed by atoms with Crippen LogP contribution in [0.15, 0.2) is 41.9 Å². The second-order valence-electron chi connectivity index (χ2n) is 16.8. The lowest BCUT2D eigenvalue weighted by molar-refractivity contribution is -0.148. The Morgan fingerprint density at radius 1 is 1.02 bits per heavy atom. The Morgan fingerprint density at radius 3 is 2.34 bits per heavy atom. The average Bonchev–Trinajstić information content (AvgIpc) is 4.05. The van der Waals surface area contributed by atoms with Crippen LogP contribution in [0.25, 0.3) is 0 Å². The van der Waals surface area contributed by atoms with Crippen LogP contribution in [0.1, 0.15) is 96.2 Å². The van der Waals surface area contributed by atoms with E-state index in [4.69, 9.17) is 9.47 Å². The standard InChI is InChI=1S/C43H64N6O8S/c1-9-26(4)36(47(6)42(53)35(25(2)3)46-40(52)37-29-17-18-30(23-29)49(37)43(54)55)33(56-7)24-34(50)48-20-13-16-32(48)38(57-8)27(5)39(51)45-31(41-44-19-21-58-41)22-28-14-11-10-12-15-28/h10-12,14-15,19,21,25-27,29-33,35-38H,9,13,16-18,20,22-24H2,1-8H3,(H,45,51)(H,46,52)(H,54,55)/t26-,27+,29-,30+,31-,32?,33+,35?,36-,37-,38+/m0/s1. The first-order chi connectivity index (χ1) is 27.7. The minimum Gasteiger partial charge on any atom is -0.465 e. The van der Waals surface area contributed by atoms with Crippen molar-refractivity contribution in [2.24, 2.45) is 23.7 Å². The second-order valence-corrected chi connectivity index (χ2v) is 17.7. The number of nitrogens with zero attached hydrogens (tertiary/aromatic N) is 4. The van der Waals surface area contributed by atoms with Gasteiger partial charge in [0, 0.05) is 45.4 Å². The third kappa shape index (κ3) is 10.0. The highest BCUT2D eigenvalue weighted by atomic mass is 32.1. The zero-order chi connectivity index (χ0) is 42.3. The quantitative estimate of drug-likeness (QED) is 0.174. The van der Waals surface area contributed by atoms with Crippen molar-refractivity contribution in [2.75, 3.05) is 27.8 Å². The van der Waals surface area contributed by atoms with Crippen molar-refractivity contribution in [2.45, 2.75) is 134 Å². The zero-order valence-electron chi connectivity index (χ0n) is 35.3. The molecule has 2 aromatic rings. The molecule has 2 saturated heterocycles. The maximum Gasteiger partial charge on any atom is 0.408 e. The van der Waals surface area contributed by atoms with Gasteiger partial charge in [-0.3, -0.25) is 24.1 Å². The van der Waals surface area contributed by atoms with E-state index in [2.05, 4.69) is 15.6 Å². The molecule has 11 atom stereocenters. The molecule has 3 N–H and O–H groups in total. The lowest BCUT2D eigenvalue weighted by atomic mass is 9.89. The minimum atomic E-state index is -1.12. The van der Waals surface area contributed by atoms with Crippen LogP contribution >= 0.6 is 11.3 Å². The Balaban J connectivity index is 1.28. The smallest absolute Gasteiger partial charge is 0.408 e. The number of ether oxygens (including phenoxy) is 2. The molecular weight excluding hydrogens is 761 g/mol. The lowest BCUT2D eigenvalue weighted by Crippen LogP contribution is -2.60. The van der Waals surface area contributed by atoms with Crippen molar-refractivity contribution in [3.8, 4) is 0 Å². The maximum absolute atomic E-state index is 14.4. The number of fused-ring (bicyclic) bond motifs is 2. The number of carboxylic acid groups (broad SMARTS) is 1. The van der Waals surface area contributed by atoms with Crippen LogP contribution in [0.2, 0.25) is 0 Å². The fraction of sp³-hybridized carbons (Fsp3) is 0.674. The van der Waals surface area contributed by atoms with E-state index in [0.29, 0.717) is 32.2 Å². The van der Waals surface area contributed by atoms with Crippen LogP contribution in [0.3, 0.4) is 0 Å². The van der Waals surface area contributed by atoms with Gasteiger partial charge in [-0.25, -0.2) is 9.78 Å². The second kappa shape index (κ2) is 20.3. The summed E-state index contributed by atoms with van der Waals surface area (Å²) >= 11 is 1.49. The molecule has 3 aliphatic rings. The molecule has 5 rings (SSSR count). The fourth-order valence-electron chi connectivity index (χ4n) is 9.64. The van der Waals surface area contributed by atoms with Crippen molar-refractivity contribution in [3.63, 3.8) is 0 Å². The summed E-state index contributed by atoms with van der Waals surface area (Å²) in [6, 6.07) is 6.87. The highest BCUT2D eigenvalue weighted by Gasteiger charge is 2.52. The van der Waals surface area contributed by atoms with Crippen molar-refractivity contribution >= 4 is 41.1 Å². The number of piperidine rings is 1. The number of aromatic nitrogens is 1. The van der Waals surface area contributed by atoms with Gasteiger partial charge in [-0.15, -0.1) is 11.3 Å². The lowest BCUT2D eigenvalue weighted by Gasteiger charge is -2.41. The van der Waals surface area contributed by atoms with Crippen LogP contribution in [0.4, 0.5) is 4.79 Å². The van der Waals surface area contributed by atoms with Crippen molar-refractivity contribution in [3.05, 3.63) is 52.5 Å². The number of carbonyl (C=O) groups excluding carboxylic acids is 4. The number of benzene rings is 1. The number of carbonyl (C=O) groups is 5. The summed E-state index contributed by atoms with van der Waals surface area (Å²) < 4.78 is 12.1. The normalized spacial score (nSPS) is 23.8. The van der Waals surface area contributed by atoms with E-state index in [1.165, 1.54) is 16.2 Å². The Kier molecular flexibility index (Phi) is 15.7. The molecule has 15 heteroatoms. The summed E-state index contributed by atoms with van der Waals surface area (Å²) in [5.74, 6) is -2.12. The summed E-state index contributed by atoms with van der Waals surface area (Å²) in [6.45, 7) is 10.1. The van der Waals surface area contributed by atoms with Gasteiger partial charge in [0.2, 0.25) is 23.6 Å². The molecule has 1 aromatic heterocycles. The number of likely N-dealkylation sites (tertiary alicyclic amines) is 2. The summed E-state index contributed by atoms with van der Waals surface area (Å²) in [4.78, 5) is 77.7. The molecule has 1 aromatic carbocycles. The van der Waals surface area contributed by atoms with Gasteiger partial charge in [0.05, 0.1) is 42.7 Å². The van der Waals surface area contributed by atoms with Crippen LogP contribution in [0, 0.1) is 23.7 Å². The van der Waals surface area contributed by atoms with Crippen molar-refractivity contribution < 1.29 is 38.6 Å². The van der Waals surface area contributed by atoms with Crippen LogP contribution < -0.4 is 10.6 Å². The van der Waals surface area contributed by atoms with Gasteiger partial charge in [0.1, 0.15) is 17.1 Å². The number of methoxy groups -OCH3 is 2. The predicted octanol–water partition coefficient (Wildman–Crippen LogP) is 5.14. The van der Waals surface area contributed by atoms with Gasteiger partial charge in [-0.2, -0.15) is 0 Å². The van der Waals surface area contributed by atoms with Gasteiger partial charge < -0.3 is 35.0 Å². The Morgan fingerprint density at radius 2 is 1.74 bits per heavy atom. The molecule has 1 aliphatic carbocycles. The number of likely N-dealkylation sites (N-methyl/N-ethyl adjacent to an activating group) is 1. The van der Waals surface area contributed by atoms with Gasteiger partial charge >= 0.3 is 6.09 Å². The molecule has 2 bridgehead atoms. The summed E-state index contributed by atoms with van der Waals surface area (Å²) in [6.07, 6.45) is 4.26. The summed E-state index contributed by atoms with van der Waals surface area (Å²) in [7, 11) is 4.81. The van der Waals surface area contributed by atoms with Crippen LogP contribution in [-0.2, 0) is 35.1 Å². The van der Waals surface area contributed by atoms with E-state index >= 15 is 0 Å². The van der Waals surface area contributed by atoms with Gasteiger partial charge in [-0.05, 0) is 61.8 Å². The van der Waals surface area contributed by atoms with Crippen molar-refractivity contribution in [1.29, 1.82) is 0 Å². The highest BCUT2D eigenvalue weighted by Crippen LogP contribution is 2.42. The van der Waals surface area contributed by atoms with E-state index in [1.54, 1.807) is 32.4 Å². The van der Waals surface area contributed by atoms with E-state index in [1.807, 2.05) is 75.2 Å². The molecule has 2 aliphatic heterocycles. The first-order valence-corrected chi connectivity index (χ1v) is 21.8. The third-order valence-electron chi connectivity index (χ3n) is 12.9. The zero-order valence-corrected chi connectivity index (χ0v) is 36.2. The topological polar surface area (TPSA) is 171 Å². The molecule has 320 valence electrons. The number of rotatable bonds is 19. The predicted molar refractivity (Wildman–Crippen MR) is 221 cm³/mol. The van der Waals surface area contributed by atoms with Crippen LogP contribution in [0.5, 0.6) is 0 Å². The van der Waals surface area contributed by atoms with Crippen LogP contribution in [-0.4, -0.2) is 125 Å². The number of nitrogens with one attached hydrogen (secondary N) is 2. The summed E-state index contributed by atoms with van der Waals surface area (Å²) in [5, 5.41) is 18.8. The van der Waals surface area contributed by atoms with Crippen molar-refractivity contribution in [1.82, 2.24) is 30.3 Å². The highest BCUT2D eigenvalue weighted by molar-refractivity contribution is 7.09. The first-order valence-electron chi connectivity index (χ1n) is 20.9. The van der Waals surface area contributed by atoms with Gasteiger partial charge in [-0.1, -0.05) is 71.4 Å². The van der Waals surface area contributed by atoms with E-state index in [-0.39, 0.29) is 60.0 Å². The average molecular weight is 825 g/mol. The molecule has 0 radical (unpaired) electrons. The number of thiazole rings is 1.